The number of aromatic nitrogens is 5. The van der Waals surface area contributed by atoms with Crippen LogP contribution in [0.5, 0.6) is 0 Å². The van der Waals surface area contributed by atoms with Crippen LogP contribution in [0.4, 0.5) is 17.6 Å². The van der Waals surface area contributed by atoms with E-state index in [4.69, 9.17) is 14.7 Å². The van der Waals surface area contributed by atoms with Crippen molar-refractivity contribution in [1.29, 1.82) is 0 Å². The minimum Gasteiger partial charge on any atom is -0.380 e. The second kappa shape index (κ2) is 8.49. The third-order valence-electron chi connectivity index (χ3n) is 4.69. The fourth-order valence-corrected chi connectivity index (χ4v) is 3.35. The highest BCUT2D eigenvalue weighted by molar-refractivity contribution is 5.88. The first-order valence-electron chi connectivity index (χ1n) is 9.72. The van der Waals surface area contributed by atoms with Gasteiger partial charge in [0.2, 0.25) is 5.95 Å². The Morgan fingerprint density at radius 3 is 3.04 bits per heavy atom. The topological polar surface area (TPSA) is 93.0 Å². The average Bonchev–Trinajstić information content (AvgIpc) is 3.12. The van der Waals surface area contributed by atoms with E-state index in [0.29, 0.717) is 37.6 Å². The van der Waals surface area contributed by atoms with Gasteiger partial charge in [-0.25, -0.2) is 9.97 Å². The molecule has 0 radical (unpaired) electrons. The van der Waals surface area contributed by atoms with Gasteiger partial charge in [0, 0.05) is 38.5 Å². The van der Waals surface area contributed by atoms with E-state index in [1.807, 2.05) is 29.8 Å². The summed E-state index contributed by atoms with van der Waals surface area (Å²) in [6.45, 7) is 8.72. The predicted molar refractivity (Wildman–Crippen MR) is 109 cm³/mol. The molecule has 0 unspecified atom stereocenters. The van der Waals surface area contributed by atoms with Crippen LogP contribution in [-0.4, -0.2) is 63.6 Å². The van der Waals surface area contributed by atoms with Crippen LogP contribution >= 0.6 is 0 Å². The third-order valence-corrected chi connectivity index (χ3v) is 4.69. The number of anilines is 3. The zero-order valence-electron chi connectivity index (χ0n) is 16.3. The summed E-state index contributed by atoms with van der Waals surface area (Å²) in [4.78, 5) is 16.2. The van der Waals surface area contributed by atoms with E-state index < -0.39 is 0 Å². The Morgan fingerprint density at radius 2 is 2.25 bits per heavy atom. The van der Waals surface area contributed by atoms with Crippen LogP contribution in [0, 0.1) is 0 Å². The number of hydrogen-bond donors (Lipinski definition) is 2. The molecule has 0 amide bonds. The first-order chi connectivity index (χ1) is 13.7. The largest absolute Gasteiger partial charge is 0.380 e. The summed E-state index contributed by atoms with van der Waals surface area (Å²) in [5.41, 5.74) is 1.67. The highest BCUT2D eigenvalue weighted by atomic mass is 16.5. The predicted octanol–water partition coefficient (Wildman–Crippen LogP) is 1.80. The third kappa shape index (κ3) is 4.05. The second-order valence-corrected chi connectivity index (χ2v) is 6.81. The normalized spacial score (nSPS) is 17.2. The van der Waals surface area contributed by atoms with Gasteiger partial charge in [0.25, 0.3) is 0 Å². The van der Waals surface area contributed by atoms with Gasteiger partial charge in [0.1, 0.15) is 16.9 Å². The van der Waals surface area contributed by atoms with Crippen LogP contribution in [-0.2, 0) is 11.3 Å². The molecule has 3 aromatic rings. The number of nitrogens with zero attached hydrogens (tertiary/aromatic N) is 6. The lowest BCUT2D eigenvalue weighted by Gasteiger charge is -2.32. The molecule has 1 atom stereocenters. The highest BCUT2D eigenvalue weighted by Gasteiger charge is 2.21. The highest BCUT2D eigenvalue weighted by Crippen LogP contribution is 2.26. The van der Waals surface area contributed by atoms with E-state index in [1.165, 1.54) is 0 Å². The molecule has 3 aromatic heterocycles. The van der Waals surface area contributed by atoms with Crippen molar-refractivity contribution in [3.8, 4) is 0 Å². The average molecular weight is 382 g/mol. The fourth-order valence-electron chi connectivity index (χ4n) is 3.35. The fraction of sp³-hybridized carbons (Fsp3) is 0.474. The molecule has 9 nitrogen and oxygen atoms in total. The molecule has 9 heteroatoms. The van der Waals surface area contributed by atoms with Crippen molar-refractivity contribution in [2.24, 2.45) is 0 Å². The molecule has 0 spiro atoms. The van der Waals surface area contributed by atoms with E-state index in [2.05, 4.69) is 32.5 Å². The first kappa shape index (κ1) is 18.6. The summed E-state index contributed by atoms with van der Waals surface area (Å²) < 4.78 is 7.38. The van der Waals surface area contributed by atoms with E-state index in [-0.39, 0.29) is 0 Å². The van der Waals surface area contributed by atoms with Crippen molar-refractivity contribution in [3.05, 3.63) is 30.6 Å². The standard InChI is InChI=1S/C19H26N8O/c1-3-28-11-10-27-17-15(12-22-27)23-19(26-9-8-20-14(2)13-26)25-18(17)24-16-6-4-5-7-21-16/h4-7,12,14,20H,3,8-11,13H2,1-2H3,(H,21,23,24,25)/t14-/m0/s1. The molecule has 148 valence electrons. The molecule has 0 aliphatic carbocycles. The number of nitrogens with one attached hydrogen (secondary N) is 2. The van der Waals surface area contributed by atoms with Crippen molar-refractivity contribution < 1.29 is 4.74 Å². The molecule has 1 aliphatic heterocycles. The zero-order valence-corrected chi connectivity index (χ0v) is 16.3. The minimum absolute atomic E-state index is 0.397. The van der Waals surface area contributed by atoms with Gasteiger partial charge in [-0.15, -0.1) is 0 Å². The molecule has 4 heterocycles. The van der Waals surface area contributed by atoms with Crippen LogP contribution in [0.3, 0.4) is 0 Å². The summed E-state index contributed by atoms with van der Waals surface area (Å²) in [5, 5.41) is 11.3. The quantitative estimate of drug-likeness (QED) is 0.598. The lowest BCUT2D eigenvalue weighted by Crippen LogP contribution is -2.49. The molecule has 1 aliphatic rings. The van der Waals surface area contributed by atoms with E-state index in [9.17, 15) is 0 Å². The summed E-state index contributed by atoms with van der Waals surface area (Å²) in [6, 6.07) is 6.15. The molecule has 2 N–H and O–H groups in total. The molecule has 0 saturated carbocycles. The molecule has 1 saturated heterocycles. The minimum atomic E-state index is 0.397. The maximum Gasteiger partial charge on any atom is 0.228 e. The van der Waals surface area contributed by atoms with Gasteiger partial charge in [0.15, 0.2) is 5.82 Å². The molecule has 0 aromatic carbocycles. The van der Waals surface area contributed by atoms with Gasteiger partial charge < -0.3 is 20.3 Å². The summed E-state index contributed by atoms with van der Waals surface area (Å²) >= 11 is 0. The van der Waals surface area contributed by atoms with Gasteiger partial charge in [-0.3, -0.25) is 4.68 Å². The monoisotopic (exact) mass is 382 g/mol. The number of fused-ring (bicyclic) bond motifs is 1. The van der Waals surface area contributed by atoms with Crippen molar-refractivity contribution in [2.45, 2.75) is 26.4 Å². The van der Waals surface area contributed by atoms with Gasteiger partial charge >= 0.3 is 0 Å². The molecule has 1 fully saturated rings. The lowest BCUT2D eigenvalue weighted by atomic mass is 10.2. The Bertz CT molecular complexity index is 913. The lowest BCUT2D eigenvalue weighted by molar-refractivity contribution is 0.137. The Kier molecular flexibility index (Phi) is 5.63. The van der Waals surface area contributed by atoms with Crippen molar-refractivity contribution >= 4 is 28.6 Å². The number of ether oxygens (including phenoxy) is 1. The molecular weight excluding hydrogens is 356 g/mol. The van der Waals surface area contributed by atoms with Gasteiger partial charge in [-0.2, -0.15) is 10.1 Å². The van der Waals surface area contributed by atoms with Crippen molar-refractivity contribution in [3.63, 3.8) is 0 Å². The number of rotatable bonds is 7. The van der Waals surface area contributed by atoms with Crippen molar-refractivity contribution in [1.82, 2.24) is 30.0 Å². The van der Waals surface area contributed by atoms with Crippen LogP contribution in [0.1, 0.15) is 13.8 Å². The van der Waals surface area contributed by atoms with E-state index in [0.717, 1.165) is 36.5 Å². The molecule has 28 heavy (non-hydrogen) atoms. The maximum atomic E-state index is 5.50. The van der Waals surface area contributed by atoms with Crippen molar-refractivity contribution in [2.75, 3.05) is 43.1 Å². The van der Waals surface area contributed by atoms with E-state index >= 15 is 0 Å². The smallest absolute Gasteiger partial charge is 0.228 e. The van der Waals surface area contributed by atoms with Crippen LogP contribution < -0.4 is 15.5 Å². The molecular formula is C19H26N8O. The SMILES string of the molecule is CCOCCn1ncc2nc(N3CCN[C@@H](C)C3)nc(Nc3ccccn3)c21. The number of hydrogen-bond acceptors (Lipinski definition) is 8. The summed E-state index contributed by atoms with van der Waals surface area (Å²) in [6.07, 6.45) is 3.55. The summed E-state index contributed by atoms with van der Waals surface area (Å²) in [7, 11) is 0. The Labute approximate surface area is 164 Å². The molecule has 0 bridgehead atoms. The van der Waals surface area contributed by atoms with Crippen LogP contribution in [0.25, 0.3) is 11.0 Å². The first-order valence-corrected chi connectivity index (χ1v) is 9.72. The number of piperazine rings is 1. The van der Waals surface area contributed by atoms with Crippen LogP contribution in [0.2, 0.25) is 0 Å². The Hall–Kier alpha value is -2.78. The maximum absolute atomic E-state index is 5.50. The van der Waals surface area contributed by atoms with Gasteiger partial charge in [-0.05, 0) is 26.0 Å². The summed E-state index contributed by atoms with van der Waals surface area (Å²) in [5.74, 6) is 2.15. The van der Waals surface area contributed by atoms with Gasteiger partial charge in [0.05, 0.1) is 19.3 Å². The van der Waals surface area contributed by atoms with Crippen LogP contribution in [0.15, 0.2) is 30.6 Å². The molecule has 4 rings (SSSR count). The number of pyridine rings is 1. The van der Waals surface area contributed by atoms with Gasteiger partial charge in [-0.1, -0.05) is 6.07 Å². The second-order valence-electron chi connectivity index (χ2n) is 6.81. The van der Waals surface area contributed by atoms with E-state index in [1.54, 1.807) is 12.4 Å². The zero-order chi connectivity index (χ0) is 19.3. The Balaban J connectivity index is 1.72. The Morgan fingerprint density at radius 1 is 1.32 bits per heavy atom.